The Kier molecular flexibility index (Phi) is 8.15. The highest BCUT2D eigenvalue weighted by molar-refractivity contribution is 7.92. The van der Waals surface area contributed by atoms with E-state index in [2.05, 4.69) is 22.3 Å². The average molecular weight is 460 g/mol. The first-order valence-corrected chi connectivity index (χ1v) is 12.9. The number of carbonyl (C=O) groups excluding carboxylic acids is 1. The second kappa shape index (κ2) is 10.8. The fourth-order valence-corrected chi connectivity index (χ4v) is 5.36. The summed E-state index contributed by atoms with van der Waals surface area (Å²) in [4.78, 5) is 15.5. The van der Waals surface area contributed by atoms with E-state index in [0.717, 1.165) is 31.5 Å². The lowest BCUT2D eigenvalue weighted by atomic mass is 10.1. The number of ether oxygens (including phenoxy) is 1. The lowest BCUT2D eigenvalue weighted by molar-refractivity contribution is -0.122. The second-order valence-corrected chi connectivity index (χ2v) is 10.1. The van der Waals surface area contributed by atoms with Crippen LogP contribution in [-0.2, 0) is 27.9 Å². The Labute approximate surface area is 191 Å². The van der Waals surface area contributed by atoms with Gasteiger partial charge in [-0.25, -0.2) is 8.42 Å². The fraction of sp³-hybridized carbons (Fsp3) is 0.458. The van der Waals surface area contributed by atoms with E-state index in [1.54, 1.807) is 31.2 Å². The largest absolute Gasteiger partial charge is 0.497 e. The minimum Gasteiger partial charge on any atom is -0.497 e. The Hall–Kier alpha value is -2.58. The van der Waals surface area contributed by atoms with Crippen LogP contribution in [0.1, 0.15) is 37.3 Å². The SMILES string of the molecule is CCC(C(=O)NCc1cccc(CN2CCCC2)c1)N(c1cccc(OC)c1)S(C)(=O)=O. The molecule has 1 amide bonds. The molecule has 0 aromatic heterocycles. The molecule has 1 fully saturated rings. The van der Waals surface area contributed by atoms with Gasteiger partial charge in [0.2, 0.25) is 15.9 Å². The molecule has 0 aliphatic carbocycles. The van der Waals surface area contributed by atoms with Gasteiger partial charge in [0.25, 0.3) is 0 Å². The third-order valence-corrected chi connectivity index (χ3v) is 6.88. The monoisotopic (exact) mass is 459 g/mol. The third-order valence-electron chi connectivity index (χ3n) is 5.70. The van der Waals surface area contributed by atoms with Crippen LogP contribution in [0.4, 0.5) is 5.69 Å². The molecule has 8 heteroatoms. The maximum absolute atomic E-state index is 13.1. The first-order chi connectivity index (χ1) is 15.3. The predicted molar refractivity (Wildman–Crippen MR) is 127 cm³/mol. The van der Waals surface area contributed by atoms with Crippen LogP contribution in [-0.4, -0.2) is 51.7 Å². The number of amides is 1. The molecule has 32 heavy (non-hydrogen) atoms. The molecule has 1 unspecified atom stereocenters. The summed E-state index contributed by atoms with van der Waals surface area (Å²) in [7, 11) is -2.17. The standard InChI is InChI=1S/C24H33N3O4S/c1-4-23(27(32(3,29)30)21-11-8-12-22(16-21)31-2)24(28)25-17-19-9-7-10-20(15-19)18-26-13-5-6-14-26/h7-12,15-16,23H,4-6,13-14,17-18H2,1-3H3,(H,25,28). The van der Waals surface area contributed by atoms with Crippen LogP contribution in [0.2, 0.25) is 0 Å². The number of sulfonamides is 1. The van der Waals surface area contributed by atoms with Gasteiger partial charge in [-0.05, 0) is 55.6 Å². The molecule has 3 rings (SSSR count). The molecule has 0 saturated carbocycles. The van der Waals surface area contributed by atoms with Crippen LogP contribution >= 0.6 is 0 Å². The second-order valence-electron chi connectivity index (χ2n) is 8.21. The van der Waals surface area contributed by atoms with E-state index >= 15 is 0 Å². The van der Waals surface area contributed by atoms with Gasteiger partial charge in [0.1, 0.15) is 11.8 Å². The van der Waals surface area contributed by atoms with Crippen molar-refractivity contribution in [2.45, 2.75) is 45.3 Å². The van der Waals surface area contributed by atoms with E-state index in [-0.39, 0.29) is 5.91 Å². The Morgan fingerprint density at radius 3 is 2.47 bits per heavy atom. The van der Waals surface area contributed by atoms with E-state index < -0.39 is 16.1 Å². The molecule has 2 aromatic carbocycles. The van der Waals surface area contributed by atoms with Crippen molar-refractivity contribution in [1.82, 2.24) is 10.2 Å². The topological polar surface area (TPSA) is 79.0 Å². The summed E-state index contributed by atoms with van der Waals surface area (Å²) >= 11 is 0. The summed E-state index contributed by atoms with van der Waals surface area (Å²) in [6, 6.07) is 14.1. The van der Waals surface area contributed by atoms with Crippen molar-refractivity contribution in [3.05, 3.63) is 59.7 Å². The number of hydrogen-bond donors (Lipinski definition) is 1. The van der Waals surface area contributed by atoms with E-state index in [0.29, 0.717) is 24.4 Å². The van der Waals surface area contributed by atoms with Crippen LogP contribution in [0.5, 0.6) is 5.75 Å². The molecule has 174 valence electrons. The van der Waals surface area contributed by atoms with Crippen LogP contribution in [0.15, 0.2) is 48.5 Å². The van der Waals surface area contributed by atoms with Crippen molar-refractivity contribution < 1.29 is 17.9 Å². The quantitative estimate of drug-likeness (QED) is 0.591. The van der Waals surface area contributed by atoms with Gasteiger partial charge in [-0.3, -0.25) is 14.0 Å². The Bertz CT molecular complexity index is 1020. The van der Waals surface area contributed by atoms with Crippen molar-refractivity contribution in [3.63, 3.8) is 0 Å². The van der Waals surface area contributed by atoms with Gasteiger partial charge in [-0.15, -0.1) is 0 Å². The summed E-state index contributed by atoms with van der Waals surface area (Å²) < 4.78 is 31.6. The number of methoxy groups -OCH3 is 1. The van der Waals surface area contributed by atoms with Gasteiger partial charge in [0.15, 0.2) is 0 Å². The number of hydrogen-bond acceptors (Lipinski definition) is 5. The molecular formula is C24H33N3O4S. The molecule has 2 aromatic rings. The van der Waals surface area contributed by atoms with Gasteiger partial charge in [0.05, 0.1) is 19.1 Å². The molecule has 1 aliphatic heterocycles. The average Bonchev–Trinajstić information content (AvgIpc) is 3.28. The summed E-state index contributed by atoms with van der Waals surface area (Å²) in [6.07, 6.45) is 3.95. The maximum atomic E-state index is 13.1. The Balaban J connectivity index is 1.72. The first-order valence-electron chi connectivity index (χ1n) is 11.0. The lowest BCUT2D eigenvalue weighted by Gasteiger charge is -2.30. The zero-order valence-electron chi connectivity index (χ0n) is 19.1. The Morgan fingerprint density at radius 2 is 1.81 bits per heavy atom. The summed E-state index contributed by atoms with van der Waals surface area (Å²) in [5.74, 6) is 0.201. The van der Waals surface area contributed by atoms with E-state index in [4.69, 9.17) is 4.74 Å². The normalized spacial score (nSPS) is 15.3. The molecule has 0 bridgehead atoms. The van der Waals surface area contributed by atoms with Crippen molar-refractivity contribution in [2.75, 3.05) is 30.8 Å². The van der Waals surface area contributed by atoms with Gasteiger partial charge >= 0.3 is 0 Å². The molecule has 0 spiro atoms. The van der Waals surface area contributed by atoms with Gasteiger partial charge in [0, 0.05) is 19.2 Å². The molecular weight excluding hydrogens is 426 g/mol. The number of nitrogens with zero attached hydrogens (tertiary/aromatic N) is 2. The van der Waals surface area contributed by atoms with Crippen molar-refractivity contribution in [3.8, 4) is 5.75 Å². The van der Waals surface area contributed by atoms with E-state index in [1.807, 2.05) is 12.1 Å². The van der Waals surface area contributed by atoms with E-state index in [9.17, 15) is 13.2 Å². The zero-order chi connectivity index (χ0) is 23.1. The minimum atomic E-state index is -3.69. The highest BCUT2D eigenvalue weighted by atomic mass is 32.2. The van der Waals surface area contributed by atoms with Crippen LogP contribution in [0.25, 0.3) is 0 Å². The fourth-order valence-electron chi connectivity index (χ4n) is 4.15. The molecule has 1 N–H and O–H groups in total. The van der Waals surface area contributed by atoms with Crippen molar-refractivity contribution in [1.29, 1.82) is 0 Å². The maximum Gasteiger partial charge on any atom is 0.244 e. The van der Waals surface area contributed by atoms with Gasteiger partial charge in [-0.1, -0.05) is 37.3 Å². The van der Waals surface area contributed by atoms with Crippen molar-refractivity contribution >= 4 is 21.6 Å². The molecule has 1 saturated heterocycles. The lowest BCUT2D eigenvalue weighted by Crippen LogP contribution is -2.49. The highest BCUT2D eigenvalue weighted by Gasteiger charge is 2.31. The van der Waals surface area contributed by atoms with Crippen molar-refractivity contribution in [2.24, 2.45) is 0 Å². The smallest absolute Gasteiger partial charge is 0.244 e. The summed E-state index contributed by atoms with van der Waals surface area (Å²) in [5.41, 5.74) is 2.62. The third kappa shape index (κ3) is 6.23. The van der Waals surface area contributed by atoms with Crippen LogP contribution < -0.4 is 14.4 Å². The van der Waals surface area contributed by atoms with Gasteiger partial charge in [-0.2, -0.15) is 0 Å². The summed E-state index contributed by atoms with van der Waals surface area (Å²) in [6.45, 7) is 5.32. The number of anilines is 1. The van der Waals surface area contributed by atoms with E-state index in [1.165, 1.54) is 29.8 Å². The highest BCUT2D eigenvalue weighted by Crippen LogP contribution is 2.26. The molecule has 1 heterocycles. The van der Waals surface area contributed by atoms with Gasteiger partial charge < -0.3 is 10.1 Å². The minimum absolute atomic E-state index is 0.328. The summed E-state index contributed by atoms with van der Waals surface area (Å²) in [5, 5.41) is 2.93. The van der Waals surface area contributed by atoms with Crippen LogP contribution in [0.3, 0.4) is 0 Å². The number of rotatable bonds is 10. The molecule has 7 nitrogen and oxygen atoms in total. The number of nitrogens with one attached hydrogen (secondary N) is 1. The molecule has 0 radical (unpaired) electrons. The number of benzene rings is 2. The number of likely N-dealkylation sites (tertiary alicyclic amines) is 1. The predicted octanol–water partition coefficient (Wildman–Crippen LogP) is 3.15. The zero-order valence-corrected chi connectivity index (χ0v) is 19.9. The molecule has 1 atom stereocenters. The molecule has 1 aliphatic rings. The first kappa shape index (κ1) is 24.1. The number of carbonyl (C=O) groups is 1. The van der Waals surface area contributed by atoms with Crippen LogP contribution in [0, 0.1) is 0 Å². The Morgan fingerprint density at radius 1 is 1.12 bits per heavy atom.